The van der Waals surface area contributed by atoms with Gasteiger partial charge in [-0.3, -0.25) is 4.72 Å². The van der Waals surface area contributed by atoms with Crippen LogP contribution in [0.4, 0.5) is 11.4 Å². The first-order chi connectivity index (χ1) is 15.4. The Morgan fingerprint density at radius 1 is 1.00 bits per heavy atom. The molecule has 0 saturated heterocycles. The van der Waals surface area contributed by atoms with Crippen molar-refractivity contribution in [3.8, 4) is 5.75 Å². The van der Waals surface area contributed by atoms with E-state index in [-0.39, 0.29) is 5.54 Å². The topological polar surface area (TPSA) is 57.1 Å². The molecule has 3 N–H and O–H groups in total. The highest BCUT2D eigenvalue weighted by Gasteiger charge is 2.26. The minimum atomic E-state index is -0.100. The summed E-state index contributed by atoms with van der Waals surface area (Å²) in [6, 6.07) is 26.0. The first-order valence-corrected chi connectivity index (χ1v) is 11.9. The van der Waals surface area contributed by atoms with Crippen LogP contribution in [0.2, 0.25) is 0 Å². The monoisotopic (exact) mass is 447 g/mol. The van der Waals surface area contributed by atoms with Gasteiger partial charge in [0.25, 0.3) is 0 Å². The second-order valence-corrected chi connectivity index (χ2v) is 9.74. The summed E-state index contributed by atoms with van der Waals surface area (Å²) in [5.74, 6) is 0.782. The third kappa shape index (κ3) is 8.40. The summed E-state index contributed by atoms with van der Waals surface area (Å²) in [4.78, 5) is 0. The fourth-order valence-corrected chi connectivity index (χ4v) is 3.68. The van der Waals surface area contributed by atoms with E-state index >= 15 is 0 Å². The van der Waals surface area contributed by atoms with Crippen LogP contribution < -0.4 is 14.8 Å². The molecule has 0 radical (unpaired) electrons. The van der Waals surface area contributed by atoms with Crippen molar-refractivity contribution in [2.75, 3.05) is 11.9 Å². The summed E-state index contributed by atoms with van der Waals surface area (Å²) in [5.41, 5.74) is 3.84. The van der Waals surface area contributed by atoms with E-state index in [2.05, 4.69) is 42.9 Å². The summed E-state index contributed by atoms with van der Waals surface area (Å²) >= 11 is 1.82. The second-order valence-electron chi connectivity index (χ2n) is 8.63. The molecule has 5 heteroatoms. The van der Waals surface area contributed by atoms with Crippen LogP contribution in [-0.2, 0) is 0 Å². The predicted molar refractivity (Wildman–Crippen MR) is 139 cm³/mol. The lowest BCUT2D eigenvalue weighted by Gasteiger charge is -2.26. The van der Waals surface area contributed by atoms with E-state index in [1.807, 2.05) is 78.7 Å². The standard InChI is InChI=1S/C21H27N3OS.C6H6/c1-15-4-6-17(7-5-15)23-20-11-8-18(12-16(20)13-22)25-14-21(2,3)24-26-19-9-10-19;1-2-4-6-5-3-1/h4-8,11-13,19,22-24H,9-10,14H2,1-3H3;1-6H. The van der Waals surface area contributed by atoms with E-state index in [0.717, 1.165) is 27.9 Å². The van der Waals surface area contributed by atoms with Crippen LogP contribution in [0.15, 0.2) is 78.9 Å². The van der Waals surface area contributed by atoms with Crippen molar-refractivity contribution in [1.82, 2.24) is 4.72 Å². The molecule has 4 nitrogen and oxygen atoms in total. The van der Waals surface area contributed by atoms with Gasteiger partial charge in [0.15, 0.2) is 0 Å². The van der Waals surface area contributed by atoms with Crippen LogP contribution in [0.5, 0.6) is 5.75 Å². The Hall–Kier alpha value is -2.76. The highest BCUT2D eigenvalue weighted by Crippen LogP contribution is 2.33. The van der Waals surface area contributed by atoms with Gasteiger partial charge in [-0.05, 0) is 63.9 Å². The van der Waals surface area contributed by atoms with Crippen molar-refractivity contribution in [3.05, 3.63) is 90.0 Å². The van der Waals surface area contributed by atoms with Crippen molar-refractivity contribution in [2.24, 2.45) is 0 Å². The van der Waals surface area contributed by atoms with Gasteiger partial charge in [0.1, 0.15) is 12.4 Å². The van der Waals surface area contributed by atoms with Gasteiger partial charge in [-0.25, -0.2) is 0 Å². The molecule has 0 unspecified atom stereocenters. The normalized spacial score (nSPS) is 13.0. The third-order valence-electron chi connectivity index (χ3n) is 4.80. The molecule has 1 aliphatic rings. The highest BCUT2D eigenvalue weighted by molar-refractivity contribution is 7.98. The molecule has 1 aliphatic carbocycles. The molecule has 0 spiro atoms. The van der Waals surface area contributed by atoms with Crippen molar-refractivity contribution in [1.29, 1.82) is 5.41 Å². The molecule has 1 saturated carbocycles. The Balaban J connectivity index is 0.000000416. The van der Waals surface area contributed by atoms with Crippen LogP contribution in [-0.4, -0.2) is 23.6 Å². The summed E-state index contributed by atoms with van der Waals surface area (Å²) in [6.45, 7) is 6.94. The smallest absolute Gasteiger partial charge is 0.120 e. The van der Waals surface area contributed by atoms with Crippen molar-refractivity contribution >= 4 is 29.5 Å². The van der Waals surface area contributed by atoms with Crippen molar-refractivity contribution in [3.63, 3.8) is 0 Å². The lowest BCUT2D eigenvalue weighted by molar-refractivity contribution is 0.233. The molecule has 4 rings (SSSR count). The molecule has 3 aromatic rings. The lowest BCUT2D eigenvalue weighted by Crippen LogP contribution is -2.41. The van der Waals surface area contributed by atoms with Gasteiger partial charge < -0.3 is 15.5 Å². The lowest BCUT2D eigenvalue weighted by atomic mass is 10.1. The van der Waals surface area contributed by atoms with Crippen LogP contribution in [0, 0.1) is 12.3 Å². The number of aryl methyl sites for hydroxylation is 1. The van der Waals surface area contributed by atoms with Gasteiger partial charge in [0.2, 0.25) is 0 Å². The molecule has 0 aromatic heterocycles. The van der Waals surface area contributed by atoms with Crippen LogP contribution in [0.1, 0.15) is 37.8 Å². The molecule has 0 bridgehead atoms. The number of rotatable bonds is 9. The highest BCUT2D eigenvalue weighted by atomic mass is 32.2. The second kappa shape index (κ2) is 11.7. The van der Waals surface area contributed by atoms with Gasteiger partial charge in [-0.15, -0.1) is 0 Å². The molecule has 1 fully saturated rings. The number of benzene rings is 3. The summed E-state index contributed by atoms with van der Waals surface area (Å²) in [6.07, 6.45) is 3.98. The van der Waals surface area contributed by atoms with Gasteiger partial charge in [0, 0.05) is 28.4 Å². The maximum Gasteiger partial charge on any atom is 0.120 e. The van der Waals surface area contributed by atoms with Crippen LogP contribution in [0.25, 0.3) is 0 Å². The van der Waals surface area contributed by atoms with Crippen LogP contribution >= 0.6 is 11.9 Å². The fraction of sp³-hybridized carbons (Fsp3) is 0.296. The maximum atomic E-state index is 7.72. The van der Waals surface area contributed by atoms with E-state index in [0.29, 0.717) is 6.61 Å². The number of anilines is 2. The first-order valence-electron chi connectivity index (χ1n) is 11.0. The first kappa shape index (κ1) is 23.9. The zero-order valence-electron chi connectivity index (χ0n) is 19.1. The summed E-state index contributed by atoms with van der Waals surface area (Å²) in [7, 11) is 0. The largest absolute Gasteiger partial charge is 0.492 e. The molecular formula is C27H33N3OS. The average molecular weight is 448 g/mol. The summed E-state index contributed by atoms with van der Waals surface area (Å²) in [5, 5.41) is 11.9. The van der Waals surface area contributed by atoms with Crippen molar-refractivity contribution < 1.29 is 4.74 Å². The molecular weight excluding hydrogens is 414 g/mol. The van der Waals surface area contributed by atoms with E-state index < -0.39 is 0 Å². The van der Waals surface area contributed by atoms with E-state index in [1.165, 1.54) is 24.6 Å². The maximum absolute atomic E-state index is 7.72. The van der Waals surface area contributed by atoms with E-state index in [4.69, 9.17) is 10.1 Å². The zero-order chi connectivity index (χ0) is 22.8. The zero-order valence-corrected chi connectivity index (χ0v) is 19.9. The fourth-order valence-electron chi connectivity index (χ4n) is 2.76. The number of hydrogen-bond donors (Lipinski definition) is 3. The van der Waals surface area contributed by atoms with Crippen LogP contribution in [0.3, 0.4) is 0 Å². The summed E-state index contributed by atoms with van der Waals surface area (Å²) < 4.78 is 9.48. The minimum absolute atomic E-state index is 0.100. The van der Waals surface area contributed by atoms with Gasteiger partial charge in [0.05, 0.1) is 5.54 Å². The van der Waals surface area contributed by atoms with E-state index in [9.17, 15) is 0 Å². The molecule has 0 heterocycles. The van der Waals surface area contributed by atoms with Gasteiger partial charge >= 0.3 is 0 Å². The SMILES string of the molecule is Cc1ccc(Nc2ccc(OCC(C)(C)NSC3CC3)cc2C=N)cc1.c1ccccc1. The predicted octanol–water partition coefficient (Wildman–Crippen LogP) is 6.98. The molecule has 0 amide bonds. The Bertz CT molecular complexity index is 943. The van der Waals surface area contributed by atoms with E-state index in [1.54, 1.807) is 0 Å². The number of nitrogens with one attached hydrogen (secondary N) is 3. The quantitative estimate of drug-likeness (QED) is 0.245. The van der Waals surface area contributed by atoms with Gasteiger partial charge in [-0.1, -0.05) is 66.0 Å². The Kier molecular flexibility index (Phi) is 8.77. The molecule has 0 aliphatic heterocycles. The Morgan fingerprint density at radius 3 is 2.19 bits per heavy atom. The Labute approximate surface area is 196 Å². The molecule has 32 heavy (non-hydrogen) atoms. The molecule has 3 aromatic carbocycles. The van der Waals surface area contributed by atoms with Gasteiger partial charge in [-0.2, -0.15) is 0 Å². The average Bonchev–Trinajstić information content (AvgIpc) is 3.65. The number of hydrogen-bond acceptors (Lipinski definition) is 5. The molecule has 168 valence electrons. The number of ether oxygens (including phenoxy) is 1. The van der Waals surface area contributed by atoms with Crippen molar-refractivity contribution in [2.45, 2.75) is 44.4 Å². The molecule has 0 atom stereocenters. The third-order valence-corrected chi connectivity index (χ3v) is 6.28. The minimum Gasteiger partial charge on any atom is -0.492 e. The Morgan fingerprint density at radius 2 is 1.62 bits per heavy atom.